The van der Waals surface area contributed by atoms with Crippen LogP contribution in [-0.2, 0) is 10.3 Å². The van der Waals surface area contributed by atoms with E-state index in [1.54, 1.807) is 6.07 Å². The Balaban J connectivity index is 2.22. The normalized spacial score (nSPS) is 19.3. The first-order chi connectivity index (χ1) is 9.18. The Labute approximate surface area is 117 Å². The van der Waals surface area contributed by atoms with Crippen LogP contribution in [-0.4, -0.2) is 19.3 Å². The van der Waals surface area contributed by atoms with Gasteiger partial charge >= 0.3 is 0 Å². The number of benzene rings is 1. The van der Waals surface area contributed by atoms with Crippen LogP contribution in [0, 0.1) is 5.82 Å². The molecule has 6 heteroatoms. The van der Waals surface area contributed by atoms with Gasteiger partial charge in [0.25, 0.3) is 0 Å². The maximum Gasteiger partial charge on any atom is 0.235 e. The van der Waals surface area contributed by atoms with E-state index >= 15 is 0 Å². The first-order valence-electron chi connectivity index (χ1n) is 6.05. The van der Waals surface area contributed by atoms with Gasteiger partial charge < -0.3 is 9.47 Å². The molecule has 0 spiro atoms. The molecule has 100 valence electrons. The van der Waals surface area contributed by atoms with E-state index in [0.717, 1.165) is 6.42 Å². The van der Waals surface area contributed by atoms with Crippen LogP contribution in [0.3, 0.4) is 0 Å². The van der Waals surface area contributed by atoms with E-state index in [1.165, 1.54) is 6.08 Å². The second-order valence-corrected chi connectivity index (χ2v) is 5.51. The molecule has 1 saturated carbocycles. The van der Waals surface area contributed by atoms with Crippen LogP contribution >= 0.6 is 15.9 Å². The first-order valence-corrected chi connectivity index (χ1v) is 6.84. The van der Waals surface area contributed by atoms with Crippen molar-refractivity contribution in [3.63, 3.8) is 0 Å². The number of aliphatic imine (C=N–C) groups is 1. The molecule has 1 fully saturated rings. The lowest BCUT2D eigenvalue weighted by molar-refractivity contribution is 0.295. The molecule has 0 amide bonds. The number of hydrogen-bond acceptors (Lipinski definition) is 4. The molecule has 2 aliphatic rings. The number of carbonyl (C=O) groups excluding carboxylic acids is 1. The van der Waals surface area contributed by atoms with Gasteiger partial charge in [0.2, 0.25) is 6.08 Å². The molecule has 1 aliphatic heterocycles. The van der Waals surface area contributed by atoms with Gasteiger partial charge in [-0.05, 0) is 28.8 Å². The van der Waals surface area contributed by atoms with Crippen LogP contribution in [0.4, 0.5) is 4.39 Å². The zero-order valence-electron chi connectivity index (χ0n) is 10.0. The highest BCUT2D eigenvalue weighted by atomic mass is 79.9. The summed E-state index contributed by atoms with van der Waals surface area (Å²) in [5.74, 6) is 0.420. The van der Waals surface area contributed by atoms with Crippen LogP contribution in [0.1, 0.15) is 24.8 Å². The minimum Gasteiger partial charge on any atom is -0.490 e. The summed E-state index contributed by atoms with van der Waals surface area (Å²) in [6.45, 7) is 0.983. The Morgan fingerprint density at radius 1 is 1.37 bits per heavy atom. The van der Waals surface area contributed by atoms with Gasteiger partial charge in [-0.2, -0.15) is 4.99 Å². The van der Waals surface area contributed by atoms with E-state index < -0.39 is 11.4 Å². The molecule has 19 heavy (non-hydrogen) atoms. The van der Waals surface area contributed by atoms with Gasteiger partial charge in [-0.3, -0.25) is 0 Å². The van der Waals surface area contributed by atoms with Crippen molar-refractivity contribution in [2.75, 3.05) is 13.2 Å². The van der Waals surface area contributed by atoms with Crippen LogP contribution < -0.4 is 9.47 Å². The quantitative estimate of drug-likeness (QED) is 0.619. The number of ether oxygens (including phenoxy) is 2. The first kappa shape index (κ1) is 12.6. The van der Waals surface area contributed by atoms with Crippen molar-refractivity contribution in [3.05, 3.63) is 21.9 Å². The third-order valence-electron chi connectivity index (χ3n) is 3.38. The summed E-state index contributed by atoms with van der Waals surface area (Å²) >= 11 is 3.17. The third-order valence-corrected chi connectivity index (χ3v) is 3.96. The third kappa shape index (κ3) is 2.05. The van der Waals surface area contributed by atoms with Gasteiger partial charge in [0, 0.05) is 12.5 Å². The fourth-order valence-corrected chi connectivity index (χ4v) is 2.70. The number of isocyanates is 1. The lowest BCUT2D eigenvalue weighted by atomic mass is 10.0. The molecule has 0 atom stereocenters. The van der Waals surface area contributed by atoms with Crippen molar-refractivity contribution >= 4 is 22.0 Å². The average molecular weight is 328 g/mol. The highest BCUT2D eigenvalue weighted by Gasteiger charge is 2.50. The molecular formula is C13H11BrFNO3. The van der Waals surface area contributed by atoms with Crippen molar-refractivity contribution in [2.45, 2.75) is 24.8 Å². The summed E-state index contributed by atoms with van der Waals surface area (Å²) in [6.07, 6.45) is 3.50. The molecule has 0 aromatic heterocycles. The Kier molecular flexibility index (Phi) is 3.07. The summed E-state index contributed by atoms with van der Waals surface area (Å²) in [6, 6.07) is 1.56. The van der Waals surface area contributed by atoms with E-state index in [2.05, 4.69) is 20.9 Å². The molecule has 1 aromatic carbocycles. The van der Waals surface area contributed by atoms with Crippen molar-refractivity contribution < 1.29 is 18.7 Å². The van der Waals surface area contributed by atoms with Gasteiger partial charge in [0.05, 0.1) is 23.2 Å². The van der Waals surface area contributed by atoms with E-state index in [1.807, 2.05) is 0 Å². The SMILES string of the molecule is O=C=NC1(c2c(F)c(Br)cc3c2OCCCO3)CC1. The van der Waals surface area contributed by atoms with Gasteiger partial charge in [0.1, 0.15) is 11.4 Å². The largest absolute Gasteiger partial charge is 0.490 e. The molecule has 1 heterocycles. The number of nitrogens with zero attached hydrogens (tertiary/aromatic N) is 1. The summed E-state index contributed by atoms with van der Waals surface area (Å²) in [5, 5.41) is 0. The molecule has 1 aliphatic carbocycles. The van der Waals surface area contributed by atoms with Crippen molar-refractivity contribution in [1.29, 1.82) is 0 Å². The highest BCUT2D eigenvalue weighted by Crippen LogP contribution is 2.56. The molecule has 0 N–H and O–H groups in total. The Bertz CT molecular complexity index is 580. The Morgan fingerprint density at radius 2 is 2.11 bits per heavy atom. The fraction of sp³-hybridized carbons (Fsp3) is 0.462. The predicted octanol–water partition coefficient (Wildman–Crippen LogP) is 3.07. The predicted molar refractivity (Wildman–Crippen MR) is 68.7 cm³/mol. The van der Waals surface area contributed by atoms with Gasteiger partial charge in [-0.25, -0.2) is 9.18 Å². The van der Waals surface area contributed by atoms with Crippen LogP contribution in [0.5, 0.6) is 11.5 Å². The fourth-order valence-electron chi connectivity index (χ4n) is 2.29. The smallest absolute Gasteiger partial charge is 0.235 e. The summed E-state index contributed by atoms with van der Waals surface area (Å²) in [7, 11) is 0. The summed E-state index contributed by atoms with van der Waals surface area (Å²) in [4.78, 5) is 14.3. The average Bonchev–Trinajstić information content (AvgIpc) is 3.16. The van der Waals surface area contributed by atoms with E-state index in [0.29, 0.717) is 47.6 Å². The molecule has 0 unspecified atom stereocenters. The standard InChI is InChI=1S/C13H11BrFNO3/c14-8-6-9-12(19-5-1-4-18-9)10(11(8)15)13(2-3-13)16-7-17/h6H,1-5H2. The Morgan fingerprint density at radius 3 is 2.79 bits per heavy atom. The topological polar surface area (TPSA) is 47.9 Å². The monoisotopic (exact) mass is 327 g/mol. The molecular weight excluding hydrogens is 317 g/mol. The van der Waals surface area contributed by atoms with Crippen molar-refractivity contribution in [1.82, 2.24) is 0 Å². The molecule has 3 rings (SSSR count). The molecule has 0 saturated heterocycles. The molecule has 0 bridgehead atoms. The lowest BCUT2D eigenvalue weighted by Gasteiger charge is -2.18. The zero-order chi connectivity index (χ0) is 13.5. The molecule has 4 nitrogen and oxygen atoms in total. The maximum absolute atomic E-state index is 14.4. The minimum atomic E-state index is -0.826. The Hall–Kier alpha value is -1.39. The van der Waals surface area contributed by atoms with E-state index in [-0.39, 0.29) is 0 Å². The minimum absolute atomic E-state index is 0.291. The molecule has 0 radical (unpaired) electrons. The molecule has 1 aromatic rings. The second-order valence-electron chi connectivity index (χ2n) is 4.66. The number of rotatable bonds is 2. The van der Waals surface area contributed by atoms with Crippen LogP contribution in [0.15, 0.2) is 15.5 Å². The van der Waals surface area contributed by atoms with Gasteiger partial charge in [-0.15, -0.1) is 0 Å². The zero-order valence-corrected chi connectivity index (χ0v) is 11.6. The summed E-state index contributed by atoms with van der Waals surface area (Å²) < 4.78 is 25.9. The van der Waals surface area contributed by atoms with Crippen LogP contribution in [0.2, 0.25) is 0 Å². The van der Waals surface area contributed by atoms with Crippen molar-refractivity contribution in [3.8, 4) is 11.5 Å². The van der Waals surface area contributed by atoms with Gasteiger partial charge in [0.15, 0.2) is 11.5 Å². The number of hydrogen-bond donors (Lipinski definition) is 0. The summed E-state index contributed by atoms with van der Waals surface area (Å²) in [5.41, 5.74) is -0.518. The van der Waals surface area contributed by atoms with E-state index in [4.69, 9.17) is 9.47 Å². The van der Waals surface area contributed by atoms with Crippen LogP contribution in [0.25, 0.3) is 0 Å². The number of halogens is 2. The highest BCUT2D eigenvalue weighted by molar-refractivity contribution is 9.10. The number of fused-ring (bicyclic) bond motifs is 1. The second kappa shape index (κ2) is 4.62. The van der Waals surface area contributed by atoms with Gasteiger partial charge in [-0.1, -0.05) is 0 Å². The van der Waals surface area contributed by atoms with E-state index in [9.17, 15) is 9.18 Å². The van der Waals surface area contributed by atoms with Crippen molar-refractivity contribution in [2.24, 2.45) is 4.99 Å². The maximum atomic E-state index is 14.4. The lowest BCUT2D eigenvalue weighted by Crippen LogP contribution is -2.10.